The summed E-state index contributed by atoms with van der Waals surface area (Å²) in [5.41, 5.74) is 3.69. The molecule has 10 heteroatoms. The fraction of sp³-hybridized carbons (Fsp3) is 0.394. The molecule has 0 amide bonds. The highest BCUT2D eigenvalue weighted by Gasteiger charge is 2.43. The molecule has 1 unspecified atom stereocenters. The summed E-state index contributed by atoms with van der Waals surface area (Å²) < 4.78 is 35.3. The van der Waals surface area contributed by atoms with Crippen LogP contribution >= 0.6 is 0 Å². The van der Waals surface area contributed by atoms with Crippen LogP contribution in [0.15, 0.2) is 54.6 Å². The second-order valence-corrected chi connectivity index (χ2v) is 11.7. The number of aromatic nitrogens is 2. The Morgan fingerprint density at radius 1 is 1.09 bits per heavy atom. The van der Waals surface area contributed by atoms with Crippen molar-refractivity contribution in [2.45, 2.75) is 63.4 Å². The summed E-state index contributed by atoms with van der Waals surface area (Å²) in [6.45, 7) is 5.54. The number of benzene rings is 3. The SMILES string of the molecule is CC1(c2ccc(C#N)cc2F)Oc2cccc(C3CCN(Cc4nc5ccc(C(O)O)cc5n4C[C@@H]4CCO4)CC3)c2O1. The predicted octanol–water partition coefficient (Wildman–Crippen LogP) is 4.84. The molecule has 0 bridgehead atoms. The summed E-state index contributed by atoms with van der Waals surface area (Å²) in [4.78, 5) is 7.32. The molecule has 7 rings (SSSR count). The molecule has 0 aliphatic carbocycles. The van der Waals surface area contributed by atoms with Crippen molar-refractivity contribution >= 4 is 11.0 Å². The van der Waals surface area contributed by atoms with E-state index in [0.29, 0.717) is 30.2 Å². The van der Waals surface area contributed by atoms with Gasteiger partial charge in [-0.1, -0.05) is 18.2 Å². The first kappa shape index (κ1) is 27.8. The lowest BCUT2D eigenvalue weighted by molar-refractivity contribution is -0.0712. The second kappa shape index (κ2) is 10.9. The van der Waals surface area contributed by atoms with Gasteiger partial charge in [-0.3, -0.25) is 4.90 Å². The highest BCUT2D eigenvalue weighted by atomic mass is 19.1. The van der Waals surface area contributed by atoms with E-state index in [1.54, 1.807) is 31.2 Å². The molecular formula is C33H33FN4O5. The molecule has 2 atom stereocenters. The number of hydrogen-bond donors (Lipinski definition) is 2. The van der Waals surface area contributed by atoms with Crippen LogP contribution in [0, 0.1) is 17.1 Å². The third kappa shape index (κ3) is 5.12. The van der Waals surface area contributed by atoms with Crippen LogP contribution in [0.5, 0.6) is 11.5 Å². The minimum Gasteiger partial charge on any atom is -0.444 e. The molecule has 3 aliphatic rings. The van der Waals surface area contributed by atoms with Gasteiger partial charge < -0.3 is 29.0 Å². The van der Waals surface area contributed by atoms with E-state index >= 15 is 0 Å². The molecular weight excluding hydrogens is 551 g/mol. The Labute approximate surface area is 248 Å². The highest BCUT2D eigenvalue weighted by Crippen LogP contribution is 2.49. The van der Waals surface area contributed by atoms with Crippen molar-refractivity contribution < 1.29 is 28.8 Å². The average Bonchev–Trinajstić information content (AvgIpc) is 3.51. The van der Waals surface area contributed by atoms with E-state index in [4.69, 9.17) is 24.5 Å². The number of imidazole rings is 1. The van der Waals surface area contributed by atoms with Crippen LogP contribution in [0.4, 0.5) is 4.39 Å². The summed E-state index contributed by atoms with van der Waals surface area (Å²) in [6, 6.07) is 17.5. The minimum absolute atomic E-state index is 0.135. The molecule has 0 radical (unpaired) electrons. The van der Waals surface area contributed by atoms with Gasteiger partial charge in [0.2, 0.25) is 0 Å². The first-order valence-corrected chi connectivity index (χ1v) is 14.7. The fourth-order valence-electron chi connectivity index (χ4n) is 6.44. The van der Waals surface area contributed by atoms with Crippen LogP contribution in [0.3, 0.4) is 0 Å². The summed E-state index contributed by atoms with van der Waals surface area (Å²) >= 11 is 0. The van der Waals surface area contributed by atoms with Gasteiger partial charge in [0.05, 0.1) is 47.4 Å². The van der Waals surface area contributed by atoms with Gasteiger partial charge in [0.25, 0.3) is 5.79 Å². The topological polar surface area (TPSA) is 113 Å². The van der Waals surface area contributed by atoms with Gasteiger partial charge in [0.1, 0.15) is 11.6 Å². The molecule has 9 nitrogen and oxygen atoms in total. The molecule has 43 heavy (non-hydrogen) atoms. The number of ether oxygens (including phenoxy) is 3. The first-order chi connectivity index (χ1) is 20.8. The summed E-state index contributed by atoms with van der Waals surface area (Å²) in [5, 5.41) is 28.6. The van der Waals surface area contributed by atoms with Crippen molar-refractivity contribution in [2.75, 3.05) is 19.7 Å². The van der Waals surface area contributed by atoms with Crippen molar-refractivity contribution in [1.29, 1.82) is 5.26 Å². The standard InChI is InChI=1S/C33H33FN4O5/c1-33(25-7-5-20(17-35)15-26(25)34)42-29-4-2-3-24(31(29)43-33)21-9-12-37(13-10-21)19-30-36-27-8-6-22(32(39)40)16-28(27)38(30)18-23-11-14-41-23/h2-8,15-16,21,23,32,39-40H,9-14,18-19H2,1H3/t23-,33?/m0/s1. The molecule has 4 heterocycles. The predicted molar refractivity (Wildman–Crippen MR) is 155 cm³/mol. The number of para-hydroxylation sites is 1. The molecule has 2 saturated heterocycles. The number of hydrogen-bond acceptors (Lipinski definition) is 8. The Morgan fingerprint density at radius 3 is 2.60 bits per heavy atom. The van der Waals surface area contributed by atoms with Crippen molar-refractivity contribution in [3.05, 3.63) is 88.5 Å². The maximum atomic E-state index is 14.9. The maximum Gasteiger partial charge on any atom is 0.278 e. The van der Waals surface area contributed by atoms with E-state index in [9.17, 15) is 14.6 Å². The zero-order valence-corrected chi connectivity index (χ0v) is 23.9. The van der Waals surface area contributed by atoms with Gasteiger partial charge in [-0.05, 0) is 74.7 Å². The van der Waals surface area contributed by atoms with Crippen LogP contribution < -0.4 is 9.47 Å². The monoisotopic (exact) mass is 584 g/mol. The van der Waals surface area contributed by atoms with E-state index in [1.165, 1.54) is 6.07 Å². The third-order valence-corrected chi connectivity index (χ3v) is 8.92. The summed E-state index contributed by atoms with van der Waals surface area (Å²) in [5.74, 6) is 0.557. The molecule has 3 aromatic carbocycles. The number of rotatable bonds is 7. The lowest BCUT2D eigenvalue weighted by atomic mass is 9.88. The first-order valence-electron chi connectivity index (χ1n) is 14.7. The molecule has 0 saturated carbocycles. The van der Waals surface area contributed by atoms with E-state index in [0.717, 1.165) is 61.4 Å². The van der Waals surface area contributed by atoms with E-state index in [-0.39, 0.29) is 23.1 Å². The zero-order chi connectivity index (χ0) is 29.7. The molecule has 2 fully saturated rings. The van der Waals surface area contributed by atoms with Crippen LogP contribution in [0.2, 0.25) is 0 Å². The number of halogens is 1. The van der Waals surface area contributed by atoms with Gasteiger partial charge >= 0.3 is 0 Å². The largest absolute Gasteiger partial charge is 0.444 e. The van der Waals surface area contributed by atoms with Crippen LogP contribution in [0.25, 0.3) is 11.0 Å². The van der Waals surface area contributed by atoms with Crippen LogP contribution in [0.1, 0.15) is 66.5 Å². The lowest BCUT2D eigenvalue weighted by Gasteiger charge is -2.33. The van der Waals surface area contributed by atoms with Gasteiger partial charge in [-0.15, -0.1) is 0 Å². The zero-order valence-electron chi connectivity index (χ0n) is 23.9. The Bertz CT molecular complexity index is 1720. The Hall–Kier alpha value is -4.01. The number of fused-ring (bicyclic) bond motifs is 2. The summed E-state index contributed by atoms with van der Waals surface area (Å²) in [6.07, 6.45) is 1.42. The summed E-state index contributed by atoms with van der Waals surface area (Å²) in [7, 11) is 0. The number of piperidine rings is 1. The molecule has 222 valence electrons. The normalized spacial score (nSPS) is 22.2. The maximum absolute atomic E-state index is 14.9. The molecule has 2 N–H and O–H groups in total. The number of aliphatic hydroxyl groups excluding tert-OH is 1. The van der Waals surface area contributed by atoms with E-state index < -0.39 is 17.9 Å². The molecule has 3 aliphatic heterocycles. The van der Waals surface area contributed by atoms with Crippen molar-refractivity contribution in [3.63, 3.8) is 0 Å². The quantitative estimate of drug-likeness (QED) is 0.297. The number of likely N-dealkylation sites (tertiary alicyclic amines) is 1. The third-order valence-electron chi connectivity index (χ3n) is 8.92. The Kier molecular flexibility index (Phi) is 7.06. The van der Waals surface area contributed by atoms with Crippen molar-refractivity contribution in [3.8, 4) is 17.6 Å². The fourth-order valence-corrected chi connectivity index (χ4v) is 6.44. The van der Waals surface area contributed by atoms with Gasteiger partial charge in [-0.25, -0.2) is 9.37 Å². The lowest BCUT2D eigenvalue weighted by Crippen LogP contribution is -2.35. The highest BCUT2D eigenvalue weighted by molar-refractivity contribution is 5.77. The number of aliphatic hydroxyl groups is 2. The molecule has 1 aromatic heterocycles. The van der Waals surface area contributed by atoms with E-state index in [2.05, 4.69) is 15.5 Å². The number of nitriles is 1. The van der Waals surface area contributed by atoms with Gasteiger partial charge in [-0.2, -0.15) is 5.26 Å². The Morgan fingerprint density at radius 2 is 1.91 bits per heavy atom. The number of nitrogens with zero attached hydrogens (tertiary/aromatic N) is 4. The molecule has 4 aromatic rings. The van der Waals surface area contributed by atoms with Crippen molar-refractivity contribution in [2.24, 2.45) is 0 Å². The average molecular weight is 585 g/mol. The van der Waals surface area contributed by atoms with Crippen LogP contribution in [-0.2, 0) is 23.6 Å². The van der Waals surface area contributed by atoms with E-state index in [1.807, 2.05) is 24.3 Å². The van der Waals surface area contributed by atoms with Crippen molar-refractivity contribution in [1.82, 2.24) is 14.5 Å². The van der Waals surface area contributed by atoms with Crippen LogP contribution in [-0.4, -0.2) is 50.5 Å². The second-order valence-electron chi connectivity index (χ2n) is 11.7. The van der Waals surface area contributed by atoms with Gasteiger partial charge in [0, 0.05) is 24.7 Å². The Balaban J connectivity index is 1.07. The smallest absolute Gasteiger partial charge is 0.278 e. The van der Waals surface area contributed by atoms with Gasteiger partial charge in [0.15, 0.2) is 17.8 Å². The minimum atomic E-state index is -1.54. The molecule has 0 spiro atoms.